The summed E-state index contributed by atoms with van der Waals surface area (Å²) in [7, 11) is 0. The maximum atomic E-state index is 12.3. The number of Topliss-reactive ketones (excluding diaryl/α,β-unsaturated/α-hetero) is 1. The molecule has 2 atom stereocenters. The Morgan fingerprint density at radius 1 is 1.03 bits per heavy atom. The average molecular weight is 437 g/mol. The predicted octanol–water partition coefficient (Wildman–Crippen LogP) is 0.959. The fourth-order valence-electron chi connectivity index (χ4n) is 3.35. The van der Waals surface area contributed by atoms with Crippen LogP contribution in [0, 0.1) is 11.8 Å². The first kappa shape index (κ1) is 23.6. The van der Waals surface area contributed by atoms with E-state index in [0.29, 0.717) is 5.56 Å². The topological polar surface area (TPSA) is 99.1 Å². The lowest BCUT2D eigenvalue weighted by molar-refractivity contribution is -0.125. The third kappa shape index (κ3) is 6.74. The summed E-state index contributed by atoms with van der Waals surface area (Å²) in [6.07, 6.45) is -1.11. The normalized spacial score (nSPS) is 15.8. The van der Waals surface area contributed by atoms with Crippen molar-refractivity contribution in [2.45, 2.75) is 25.6 Å². The number of ether oxygens (including phenoxy) is 1. The molecule has 0 unspecified atom stereocenters. The van der Waals surface area contributed by atoms with Crippen LogP contribution >= 0.6 is 0 Å². The molecule has 0 aromatic heterocycles. The zero-order valence-electron chi connectivity index (χ0n) is 18.1. The van der Waals surface area contributed by atoms with E-state index in [-0.39, 0.29) is 0 Å². The van der Waals surface area contributed by atoms with Crippen LogP contribution in [0.25, 0.3) is 0 Å². The Kier molecular flexibility index (Phi) is 8.54. The van der Waals surface area contributed by atoms with Gasteiger partial charge in [-0.25, -0.2) is 0 Å². The number of carbonyl (C=O) groups excluding carboxylic acids is 2. The van der Waals surface area contributed by atoms with Gasteiger partial charge in [-0.3, -0.25) is 14.5 Å². The second kappa shape index (κ2) is 11.6. The highest BCUT2D eigenvalue weighted by atomic mass is 16.5. The van der Waals surface area contributed by atoms with E-state index in [9.17, 15) is 14.7 Å². The summed E-state index contributed by atoms with van der Waals surface area (Å²) in [6.45, 7) is 5.00. The lowest BCUT2D eigenvalue weighted by Crippen LogP contribution is -2.48. The highest BCUT2D eigenvalue weighted by Crippen LogP contribution is 2.10. The molecule has 1 heterocycles. The lowest BCUT2D eigenvalue weighted by Gasteiger charge is -2.26. The molecule has 1 aliphatic heterocycles. The van der Waals surface area contributed by atoms with E-state index in [2.05, 4.69) is 34.2 Å². The monoisotopic (exact) mass is 436 g/mol. The minimum Gasteiger partial charge on any atom is -0.391 e. The molecule has 1 saturated heterocycles. The van der Waals surface area contributed by atoms with Gasteiger partial charge in [-0.05, 0) is 48.9 Å². The summed E-state index contributed by atoms with van der Waals surface area (Å²) in [4.78, 5) is 26.4. The Morgan fingerprint density at radius 3 is 2.12 bits per heavy atom. The van der Waals surface area contributed by atoms with Gasteiger partial charge < -0.3 is 20.3 Å². The molecule has 0 spiro atoms. The number of aliphatic hydroxyl groups is 2. The molecule has 32 heavy (non-hydrogen) atoms. The second-order valence-electron chi connectivity index (χ2n) is 7.73. The van der Waals surface area contributed by atoms with Crippen LogP contribution < -0.4 is 5.32 Å². The Bertz CT molecular complexity index is 968. The Morgan fingerprint density at radius 2 is 1.59 bits per heavy atom. The van der Waals surface area contributed by atoms with Crippen LogP contribution in [0.2, 0.25) is 0 Å². The van der Waals surface area contributed by atoms with Crippen LogP contribution in [0.15, 0.2) is 48.5 Å². The summed E-state index contributed by atoms with van der Waals surface area (Å²) in [6, 6.07) is 13.7. The first-order valence-corrected chi connectivity index (χ1v) is 10.6. The van der Waals surface area contributed by atoms with Crippen molar-refractivity contribution in [2.75, 3.05) is 32.9 Å². The fraction of sp³-hybridized carbons (Fsp3) is 0.360. The van der Waals surface area contributed by atoms with Crippen LogP contribution in [0.3, 0.4) is 0 Å². The number of amides is 1. The SMILES string of the molecule is C[C@@H](O)[C@H](NC(=O)c1ccc(C#Cc2ccc(CN3CCOCC3)cc2)cc1)C(=O)CO. The maximum Gasteiger partial charge on any atom is 0.251 e. The number of ketones is 1. The molecule has 3 rings (SSSR count). The third-order valence-electron chi connectivity index (χ3n) is 5.23. The summed E-state index contributed by atoms with van der Waals surface area (Å²) in [5, 5.41) is 21.1. The van der Waals surface area contributed by atoms with E-state index in [1.807, 2.05) is 12.1 Å². The molecule has 1 fully saturated rings. The Hall–Kier alpha value is -3.02. The van der Waals surface area contributed by atoms with Gasteiger partial charge in [0.05, 0.1) is 19.3 Å². The molecule has 168 valence electrons. The molecule has 7 heteroatoms. The summed E-state index contributed by atoms with van der Waals surface area (Å²) >= 11 is 0. The molecule has 0 saturated carbocycles. The van der Waals surface area contributed by atoms with E-state index in [1.54, 1.807) is 24.3 Å². The Labute approximate surface area is 188 Å². The molecule has 0 aliphatic carbocycles. The first-order valence-electron chi connectivity index (χ1n) is 10.6. The largest absolute Gasteiger partial charge is 0.391 e. The van der Waals surface area contributed by atoms with Crippen molar-refractivity contribution in [1.29, 1.82) is 0 Å². The van der Waals surface area contributed by atoms with Crippen LogP contribution in [0.5, 0.6) is 0 Å². The molecule has 1 aliphatic rings. The molecule has 7 nitrogen and oxygen atoms in total. The van der Waals surface area contributed by atoms with E-state index >= 15 is 0 Å². The van der Waals surface area contributed by atoms with Gasteiger partial charge in [-0.2, -0.15) is 0 Å². The van der Waals surface area contributed by atoms with Crippen molar-refractivity contribution in [3.8, 4) is 11.8 Å². The number of carbonyl (C=O) groups is 2. The quantitative estimate of drug-likeness (QED) is 0.560. The number of aliphatic hydroxyl groups excluding tert-OH is 2. The highest BCUT2D eigenvalue weighted by Gasteiger charge is 2.25. The number of rotatable bonds is 7. The van der Waals surface area contributed by atoms with Crippen LogP contribution in [-0.2, 0) is 16.1 Å². The van der Waals surface area contributed by atoms with Crippen molar-refractivity contribution in [2.24, 2.45) is 0 Å². The number of nitrogens with zero attached hydrogens (tertiary/aromatic N) is 1. The van der Waals surface area contributed by atoms with Crippen LogP contribution in [0.1, 0.15) is 34.0 Å². The van der Waals surface area contributed by atoms with Crippen molar-refractivity contribution >= 4 is 11.7 Å². The second-order valence-corrected chi connectivity index (χ2v) is 7.73. The van der Waals surface area contributed by atoms with Gasteiger partial charge in [0, 0.05) is 36.3 Å². The van der Waals surface area contributed by atoms with Crippen LogP contribution in [0.4, 0.5) is 0 Å². The number of hydrogen-bond donors (Lipinski definition) is 3. The lowest BCUT2D eigenvalue weighted by atomic mass is 10.1. The smallest absolute Gasteiger partial charge is 0.251 e. The van der Waals surface area contributed by atoms with Gasteiger partial charge in [-0.15, -0.1) is 0 Å². The Balaban J connectivity index is 1.58. The van der Waals surface area contributed by atoms with Crippen LogP contribution in [-0.4, -0.2) is 71.9 Å². The molecule has 2 aromatic carbocycles. The van der Waals surface area contributed by atoms with Gasteiger partial charge in [0.15, 0.2) is 5.78 Å². The van der Waals surface area contributed by atoms with Gasteiger partial charge in [-0.1, -0.05) is 24.0 Å². The van der Waals surface area contributed by atoms with E-state index in [1.165, 1.54) is 12.5 Å². The number of nitrogens with one attached hydrogen (secondary N) is 1. The zero-order chi connectivity index (χ0) is 22.9. The summed E-state index contributed by atoms with van der Waals surface area (Å²) in [5.41, 5.74) is 3.22. The number of hydrogen-bond acceptors (Lipinski definition) is 6. The average Bonchev–Trinajstić information content (AvgIpc) is 2.82. The summed E-state index contributed by atoms with van der Waals surface area (Å²) in [5.74, 6) is 5.05. The molecule has 0 radical (unpaired) electrons. The van der Waals surface area contributed by atoms with Gasteiger partial charge in [0.2, 0.25) is 0 Å². The molecular weight excluding hydrogens is 408 g/mol. The standard InChI is InChI=1S/C25H28N2O5/c1-18(29)24(23(30)17-28)26-25(31)22-10-8-20(9-11-22)3-2-19-4-6-21(7-5-19)16-27-12-14-32-15-13-27/h4-11,18,24,28-29H,12-17H2,1H3,(H,26,31)/t18-,24+/m1/s1. The molecule has 3 N–H and O–H groups in total. The van der Waals surface area contributed by atoms with Gasteiger partial charge in [0.1, 0.15) is 12.6 Å². The van der Waals surface area contributed by atoms with E-state index < -0.39 is 30.4 Å². The number of morpholine rings is 1. The summed E-state index contributed by atoms with van der Waals surface area (Å²) < 4.78 is 5.38. The minimum absolute atomic E-state index is 0.333. The highest BCUT2D eigenvalue weighted by molar-refractivity contribution is 5.98. The molecule has 0 bridgehead atoms. The van der Waals surface area contributed by atoms with E-state index in [4.69, 9.17) is 9.84 Å². The molecule has 1 amide bonds. The third-order valence-corrected chi connectivity index (χ3v) is 5.23. The van der Waals surface area contributed by atoms with Crippen molar-refractivity contribution in [3.63, 3.8) is 0 Å². The van der Waals surface area contributed by atoms with E-state index in [0.717, 1.165) is 44.0 Å². The maximum absolute atomic E-state index is 12.3. The zero-order valence-corrected chi connectivity index (χ0v) is 18.1. The van der Waals surface area contributed by atoms with Gasteiger partial charge >= 0.3 is 0 Å². The molecular formula is C25H28N2O5. The molecule has 2 aromatic rings. The van der Waals surface area contributed by atoms with Gasteiger partial charge in [0.25, 0.3) is 5.91 Å². The van der Waals surface area contributed by atoms with Crippen molar-refractivity contribution < 1.29 is 24.5 Å². The fourth-order valence-corrected chi connectivity index (χ4v) is 3.35. The minimum atomic E-state index is -1.15. The van der Waals surface area contributed by atoms with Crippen molar-refractivity contribution in [1.82, 2.24) is 10.2 Å². The number of benzene rings is 2. The predicted molar refractivity (Wildman–Crippen MR) is 120 cm³/mol. The van der Waals surface area contributed by atoms with Crippen molar-refractivity contribution in [3.05, 3.63) is 70.8 Å². The first-order chi connectivity index (χ1) is 15.5.